The molecule has 0 amide bonds. The standard InChI is InChI=1S/C12H25N3O2S/c1-11(2)14-5-4-12(10-14)18(16,17)15-8-6-13(3)7-9-15/h11-12H,4-10H2,1-3H3. The van der Waals surface area contributed by atoms with E-state index in [1.54, 1.807) is 4.31 Å². The van der Waals surface area contributed by atoms with Gasteiger partial charge in [0.25, 0.3) is 0 Å². The van der Waals surface area contributed by atoms with Gasteiger partial charge in [-0.2, -0.15) is 4.31 Å². The van der Waals surface area contributed by atoms with Crippen LogP contribution in [-0.2, 0) is 10.0 Å². The lowest BCUT2D eigenvalue weighted by atomic mass is 10.3. The van der Waals surface area contributed by atoms with E-state index >= 15 is 0 Å². The van der Waals surface area contributed by atoms with Crippen LogP contribution < -0.4 is 0 Å². The Bertz CT molecular complexity index is 375. The van der Waals surface area contributed by atoms with Crippen molar-refractivity contribution < 1.29 is 8.42 Å². The molecule has 2 heterocycles. The predicted molar refractivity (Wildman–Crippen MR) is 73.1 cm³/mol. The van der Waals surface area contributed by atoms with Gasteiger partial charge in [0.1, 0.15) is 0 Å². The highest BCUT2D eigenvalue weighted by Crippen LogP contribution is 2.22. The molecule has 1 atom stereocenters. The highest BCUT2D eigenvalue weighted by atomic mass is 32.2. The molecule has 2 saturated heterocycles. The summed E-state index contributed by atoms with van der Waals surface area (Å²) in [5.41, 5.74) is 0. The molecule has 0 N–H and O–H groups in total. The Morgan fingerprint density at radius 3 is 2.17 bits per heavy atom. The average Bonchev–Trinajstić information content (AvgIpc) is 2.79. The van der Waals surface area contributed by atoms with Gasteiger partial charge < -0.3 is 4.90 Å². The summed E-state index contributed by atoms with van der Waals surface area (Å²) >= 11 is 0. The summed E-state index contributed by atoms with van der Waals surface area (Å²) in [6.07, 6.45) is 0.785. The molecule has 106 valence electrons. The largest absolute Gasteiger partial charge is 0.304 e. The zero-order valence-electron chi connectivity index (χ0n) is 11.7. The van der Waals surface area contributed by atoms with E-state index in [0.29, 0.717) is 25.7 Å². The third-order valence-corrected chi connectivity index (χ3v) is 6.46. The number of likely N-dealkylation sites (tertiary alicyclic amines) is 1. The Balaban J connectivity index is 1.99. The minimum atomic E-state index is -3.09. The zero-order valence-corrected chi connectivity index (χ0v) is 12.5. The first kappa shape index (κ1) is 14.2. The van der Waals surface area contributed by atoms with Crippen LogP contribution in [-0.4, -0.2) is 80.1 Å². The fourth-order valence-electron chi connectivity index (χ4n) is 2.72. The van der Waals surface area contributed by atoms with Crippen LogP contribution in [0.1, 0.15) is 20.3 Å². The molecule has 0 bridgehead atoms. The fraction of sp³-hybridized carbons (Fsp3) is 1.00. The van der Waals surface area contributed by atoms with E-state index in [2.05, 4.69) is 23.6 Å². The minimum Gasteiger partial charge on any atom is -0.304 e. The van der Waals surface area contributed by atoms with Crippen molar-refractivity contribution in [1.29, 1.82) is 0 Å². The molecule has 2 rings (SSSR count). The maximum Gasteiger partial charge on any atom is 0.218 e. The Morgan fingerprint density at radius 1 is 1.06 bits per heavy atom. The predicted octanol–water partition coefficient (Wildman–Crippen LogP) is 0.0463. The molecule has 18 heavy (non-hydrogen) atoms. The monoisotopic (exact) mass is 275 g/mol. The van der Waals surface area contributed by atoms with Gasteiger partial charge in [0.15, 0.2) is 0 Å². The highest BCUT2D eigenvalue weighted by Gasteiger charge is 2.38. The molecule has 0 aromatic heterocycles. The van der Waals surface area contributed by atoms with Gasteiger partial charge in [-0.15, -0.1) is 0 Å². The van der Waals surface area contributed by atoms with Gasteiger partial charge in [-0.3, -0.25) is 4.90 Å². The second-order valence-corrected chi connectivity index (χ2v) is 7.96. The van der Waals surface area contributed by atoms with Gasteiger partial charge in [-0.1, -0.05) is 0 Å². The molecule has 2 aliphatic heterocycles. The lowest BCUT2D eigenvalue weighted by molar-refractivity contribution is 0.220. The quantitative estimate of drug-likeness (QED) is 0.730. The number of rotatable bonds is 3. The van der Waals surface area contributed by atoms with Crippen LogP contribution >= 0.6 is 0 Å². The topological polar surface area (TPSA) is 43.9 Å². The number of hydrogen-bond acceptors (Lipinski definition) is 4. The first-order valence-electron chi connectivity index (χ1n) is 6.83. The first-order chi connectivity index (χ1) is 8.41. The summed E-state index contributed by atoms with van der Waals surface area (Å²) in [4.78, 5) is 4.44. The van der Waals surface area contributed by atoms with Gasteiger partial charge in [0.05, 0.1) is 5.25 Å². The SMILES string of the molecule is CC(C)N1CCC(S(=O)(=O)N2CCN(C)CC2)C1. The van der Waals surface area contributed by atoms with E-state index in [0.717, 1.165) is 26.1 Å². The second-order valence-electron chi connectivity index (χ2n) is 5.75. The lowest BCUT2D eigenvalue weighted by Crippen LogP contribution is -2.50. The summed E-state index contributed by atoms with van der Waals surface area (Å²) in [6.45, 7) is 8.87. The number of nitrogens with zero attached hydrogens (tertiary/aromatic N) is 3. The van der Waals surface area contributed by atoms with E-state index in [-0.39, 0.29) is 5.25 Å². The van der Waals surface area contributed by atoms with Gasteiger partial charge in [0, 0.05) is 38.8 Å². The molecule has 5 nitrogen and oxygen atoms in total. The van der Waals surface area contributed by atoms with Crippen molar-refractivity contribution in [2.75, 3.05) is 46.3 Å². The summed E-state index contributed by atoms with van der Waals surface area (Å²) in [5.74, 6) is 0. The molecular weight excluding hydrogens is 250 g/mol. The van der Waals surface area contributed by atoms with Crippen molar-refractivity contribution in [3.63, 3.8) is 0 Å². The smallest absolute Gasteiger partial charge is 0.218 e. The summed E-state index contributed by atoms with van der Waals surface area (Å²) in [7, 11) is -1.04. The van der Waals surface area contributed by atoms with E-state index < -0.39 is 10.0 Å². The Kier molecular flexibility index (Phi) is 4.31. The van der Waals surface area contributed by atoms with Gasteiger partial charge in [0.2, 0.25) is 10.0 Å². The molecule has 1 unspecified atom stereocenters. The molecule has 0 radical (unpaired) electrons. The van der Waals surface area contributed by atoms with Crippen molar-refractivity contribution in [2.24, 2.45) is 0 Å². The summed E-state index contributed by atoms with van der Waals surface area (Å²) in [6, 6.07) is 0.442. The van der Waals surface area contributed by atoms with Gasteiger partial charge in [-0.25, -0.2) is 8.42 Å². The molecule has 0 spiro atoms. The van der Waals surface area contributed by atoms with E-state index in [4.69, 9.17) is 0 Å². The minimum absolute atomic E-state index is 0.191. The molecule has 0 aromatic carbocycles. The van der Waals surface area contributed by atoms with Crippen molar-refractivity contribution in [1.82, 2.24) is 14.1 Å². The molecule has 0 saturated carbocycles. The van der Waals surface area contributed by atoms with E-state index in [1.807, 2.05) is 7.05 Å². The molecule has 6 heteroatoms. The van der Waals surface area contributed by atoms with Crippen molar-refractivity contribution >= 4 is 10.0 Å². The van der Waals surface area contributed by atoms with Crippen molar-refractivity contribution in [3.05, 3.63) is 0 Å². The van der Waals surface area contributed by atoms with Crippen molar-refractivity contribution in [3.8, 4) is 0 Å². The van der Waals surface area contributed by atoms with Gasteiger partial charge in [-0.05, 0) is 33.9 Å². The second kappa shape index (κ2) is 5.45. The third kappa shape index (κ3) is 2.87. The van der Waals surface area contributed by atoms with Crippen LogP contribution in [0.25, 0.3) is 0 Å². The maximum absolute atomic E-state index is 12.5. The highest BCUT2D eigenvalue weighted by molar-refractivity contribution is 7.89. The summed E-state index contributed by atoms with van der Waals surface area (Å²) < 4.78 is 26.8. The number of likely N-dealkylation sites (N-methyl/N-ethyl adjacent to an activating group) is 1. The molecule has 2 fully saturated rings. The molecule has 0 aromatic rings. The first-order valence-corrected chi connectivity index (χ1v) is 8.33. The zero-order chi connectivity index (χ0) is 13.3. The van der Waals surface area contributed by atoms with E-state index in [1.165, 1.54) is 0 Å². The van der Waals surface area contributed by atoms with Crippen LogP contribution in [0.2, 0.25) is 0 Å². The van der Waals surface area contributed by atoms with Crippen LogP contribution in [0.3, 0.4) is 0 Å². The Hall–Kier alpha value is -0.170. The van der Waals surface area contributed by atoms with Gasteiger partial charge >= 0.3 is 0 Å². The lowest BCUT2D eigenvalue weighted by Gasteiger charge is -2.33. The maximum atomic E-state index is 12.5. The van der Waals surface area contributed by atoms with Crippen LogP contribution in [0, 0.1) is 0 Å². The van der Waals surface area contributed by atoms with Crippen LogP contribution in [0.4, 0.5) is 0 Å². The van der Waals surface area contributed by atoms with Crippen molar-refractivity contribution in [2.45, 2.75) is 31.6 Å². The number of hydrogen-bond donors (Lipinski definition) is 0. The van der Waals surface area contributed by atoms with E-state index in [9.17, 15) is 8.42 Å². The van der Waals surface area contributed by atoms with Crippen LogP contribution in [0.5, 0.6) is 0 Å². The summed E-state index contributed by atoms with van der Waals surface area (Å²) in [5, 5.41) is -0.191. The normalized spacial score (nSPS) is 29.2. The average molecular weight is 275 g/mol. The Morgan fingerprint density at radius 2 is 1.67 bits per heavy atom. The third-order valence-electron chi connectivity index (χ3n) is 4.15. The fourth-order valence-corrected chi connectivity index (χ4v) is 4.60. The number of sulfonamides is 1. The molecular formula is C12H25N3O2S. The molecule has 2 aliphatic rings. The number of piperazine rings is 1. The molecule has 0 aliphatic carbocycles. The van der Waals surface area contributed by atoms with Crippen LogP contribution in [0.15, 0.2) is 0 Å². The Labute approximate surface area is 111 Å².